The van der Waals surface area contributed by atoms with E-state index >= 15 is 0 Å². The van der Waals surface area contributed by atoms with Gasteiger partial charge in [-0.05, 0) is 32.4 Å². The van der Waals surface area contributed by atoms with Crippen molar-refractivity contribution in [3.8, 4) is 0 Å². The molecule has 1 unspecified atom stereocenters. The number of likely N-dealkylation sites (tertiary alicyclic amines) is 1. The number of piperidine rings is 1. The Morgan fingerprint density at radius 3 is 3.05 bits per heavy atom. The van der Waals surface area contributed by atoms with Crippen molar-refractivity contribution in [1.29, 1.82) is 0 Å². The second kappa shape index (κ2) is 7.64. The van der Waals surface area contributed by atoms with Crippen LogP contribution >= 0.6 is 11.6 Å². The number of rotatable bonds is 6. The largest absolute Gasteiger partial charge is 0.365 e. The zero-order valence-electron chi connectivity index (χ0n) is 12.3. The first kappa shape index (κ1) is 15.3. The molecule has 0 amide bonds. The molecule has 0 bridgehead atoms. The van der Waals surface area contributed by atoms with Gasteiger partial charge in [0.1, 0.15) is 5.02 Å². The first-order valence-electron chi connectivity index (χ1n) is 7.48. The lowest BCUT2D eigenvalue weighted by Gasteiger charge is -2.32. The van der Waals surface area contributed by atoms with E-state index in [2.05, 4.69) is 39.3 Å². The Bertz CT molecular complexity index is 426. The minimum atomic E-state index is 0.412. The quantitative estimate of drug-likeness (QED) is 0.845. The maximum absolute atomic E-state index is 6.19. The fourth-order valence-corrected chi connectivity index (χ4v) is 2.59. The Hall–Kier alpha value is -1.07. The third kappa shape index (κ3) is 4.21. The fraction of sp³-hybridized carbons (Fsp3) is 0.714. The molecule has 0 aliphatic carbocycles. The van der Waals surface area contributed by atoms with E-state index in [1.165, 1.54) is 13.0 Å². The van der Waals surface area contributed by atoms with E-state index in [1.807, 2.05) is 0 Å². The first-order chi connectivity index (χ1) is 9.72. The van der Waals surface area contributed by atoms with Crippen LogP contribution in [0.2, 0.25) is 5.02 Å². The average Bonchev–Trinajstić information content (AvgIpc) is 2.48. The molecule has 0 saturated carbocycles. The van der Waals surface area contributed by atoms with Crippen LogP contribution < -0.4 is 10.6 Å². The monoisotopic (exact) mass is 297 g/mol. The van der Waals surface area contributed by atoms with Gasteiger partial charge in [-0.15, -0.1) is 0 Å². The van der Waals surface area contributed by atoms with Crippen LogP contribution in [0.15, 0.2) is 6.20 Å². The number of hydrogen-bond acceptors (Lipinski definition) is 5. The number of halogens is 1. The number of anilines is 2. The second-order valence-corrected chi connectivity index (χ2v) is 5.60. The lowest BCUT2D eigenvalue weighted by atomic mass is 10.1. The van der Waals surface area contributed by atoms with Gasteiger partial charge < -0.3 is 15.5 Å². The predicted octanol–water partition coefficient (Wildman–Crippen LogP) is 2.85. The summed E-state index contributed by atoms with van der Waals surface area (Å²) < 4.78 is 0. The maximum Gasteiger partial charge on any atom is 0.224 e. The van der Waals surface area contributed by atoms with E-state index in [0.29, 0.717) is 17.0 Å². The summed E-state index contributed by atoms with van der Waals surface area (Å²) in [5, 5.41) is 7.24. The summed E-state index contributed by atoms with van der Waals surface area (Å²) in [5.41, 5.74) is 0. The zero-order chi connectivity index (χ0) is 14.4. The first-order valence-corrected chi connectivity index (χ1v) is 7.86. The molecule has 1 saturated heterocycles. The molecule has 5 nitrogen and oxygen atoms in total. The molecule has 1 atom stereocenters. The van der Waals surface area contributed by atoms with Crippen molar-refractivity contribution >= 4 is 23.4 Å². The van der Waals surface area contributed by atoms with Gasteiger partial charge in [-0.1, -0.05) is 25.4 Å². The van der Waals surface area contributed by atoms with Gasteiger partial charge in [0, 0.05) is 19.1 Å². The predicted molar refractivity (Wildman–Crippen MR) is 84.6 cm³/mol. The summed E-state index contributed by atoms with van der Waals surface area (Å²) in [7, 11) is 0. The van der Waals surface area contributed by atoms with Gasteiger partial charge in [0.25, 0.3) is 0 Å². The van der Waals surface area contributed by atoms with Gasteiger partial charge in [-0.25, -0.2) is 4.98 Å². The molecule has 2 heterocycles. The van der Waals surface area contributed by atoms with Gasteiger partial charge in [-0.3, -0.25) is 0 Å². The van der Waals surface area contributed by atoms with Crippen molar-refractivity contribution in [2.24, 2.45) is 0 Å². The van der Waals surface area contributed by atoms with Gasteiger partial charge >= 0.3 is 0 Å². The van der Waals surface area contributed by atoms with E-state index in [1.54, 1.807) is 6.20 Å². The minimum Gasteiger partial charge on any atom is -0.365 e. The van der Waals surface area contributed by atoms with Crippen LogP contribution in [0.1, 0.15) is 33.1 Å². The SMILES string of the molecule is CCCNc1ncc(Cl)c(NC2CCCN(CC)C2)n1. The highest BCUT2D eigenvalue weighted by atomic mass is 35.5. The molecule has 1 aliphatic heterocycles. The Morgan fingerprint density at radius 1 is 1.45 bits per heavy atom. The molecule has 1 aromatic heterocycles. The number of likely N-dealkylation sites (N-methyl/N-ethyl adjacent to an activating group) is 1. The van der Waals surface area contributed by atoms with E-state index in [4.69, 9.17) is 11.6 Å². The Balaban J connectivity index is 2.00. The van der Waals surface area contributed by atoms with Gasteiger partial charge in [0.2, 0.25) is 5.95 Å². The van der Waals surface area contributed by atoms with E-state index in [-0.39, 0.29) is 0 Å². The molecule has 2 rings (SSSR count). The molecule has 2 N–H and O–H groups in total. The van der Waals surface area contributed by atoms with Crippen LogP contribution in [0.5, 0.6) is 0 Å². The molecule has 0 radical (unpaired) electrons. The molecule has 1 fully saturated rings. The van der Waals surface area contributed by atoms with Crippen molar-refractivity contribution in [2.45, 2.75) is 39.2 Å². The zero-order valence-corrected chi connectivity index (χ0v) is 13.1. The van der Waals surface area contributed by atoms with Crippen LogP contribution in [0.4, 0.5) is 11.8 Å². The molecular weight excluding hydrogens is 274 g/mol. The number of hydrogen-bond donors (Lipinski definition) is 2. The smallest absolute Gasteiger partial charge is 0.224 e. The van der Waals surface area contributed by atoms with Crippen LogP contribution in [-0.4, -0.2) is 47.1 Å². The van der Waals surface area contributed by atoms with E-state index < -0.39 is 0 Å². The molecule has 1 aromatic rings. The highest BCUT2D eigenvalue weighted by Crippen LogP contribution is 2.22. The van der Waals surface area contributed by atoms with E-state index in [0.717, 1.165) is 38.3 Å². The number of aromatic nitrogens is 2. The summed E-state index contributed by atoms with van der Waals surface area (Å²) in [5.74, 6) is 1.38. The number of nitrogens with zero attached hydrogens (tertiary/aromatic N) is 3. The third-order valence-corrected chi connectivity index (χ3v) is 3.85. The highest BCUT2D eigenvalue weighted by molar-refractivity contribution is 6.32. The molecule has 0 aromatic carbocycles. The van der Waals surface area contributed by atoms with Gasteiger partial charge in [0.05, 0.1) is 6.20 Å². The molecule has 112 valence electrons. The van der Waals surface area contributed by atoms with Crippen molar-refractivity contribution < 1.29 is 0 Å². The summed E-state index contributed by atoms with van der Waals surface area (Å²) in [6.07, 6.45) is 5.09. The Morgan fingerprint density at radius 2 is 2.30 bits per heavy atom. The topological polar surface area (TPSA) is 53.1 Å². The molecule has 1 aliphatic rings. The van der Waals surface area contributed by atoms with Crippen molar-refractivity contribution in [1.82, 2.24) is 14.9 Å². The van der Waals surface area contributed by atoms with Gasteiger partial charge in [0.15, 0.2) is 5.82 Å². The Labute approximate surface area is 126 Å². The lowest BCUT2D eigenvalue weighted by molar-refractivity contribution is 0.226. The van der Waals surface area contributed by atoms with Crippen LogP contribution in [0.3, 0.4) is 0 Å². The van der Waals surface area contributed by atoms with Crippen molar-refractivity contribution in [3.63, 3.8) is 0 Å². The second-order valence-electron chi connectivity index (χ2n) is 5.19. The molecule has 0 spiro atoms. The van der Waals surface area contributed by atoms with Crippen molar-refractivity contribution in [2.75, 3.05) is 36.8 Å². The van der Waals surface area contributed by atoms with Crippen LogP contribution in [0.25, 0.3) is 0 Å². The molecular formula is C14H24ClN5. The highest BCUT2D eigenvalue weighted by Gasteiger charge is 2.19. The standard InChI is InChI=1S/C14H24ClN5/c1-3-7-16-14-17-9-12(15)13(19-14)18-11-6-5-8-20(4-2)10-11/h9,11H,3-8,10H2,1-2H3,(H2,16,17,18,19). The summed E-state index contributed by atoms with van der Waals surface area (Å²) >= 11 is 6.19. The molecule has 20 heavy (non-hydrogen) atoms. The Kier molecular flexibility index (Phi) is 5.86. The lowest BCUT2D eigenvalue weighted by Crippen LogP contribution is -2.42. The normalized spacial score (nSPS) is 19.9. The van der Waals surface area contributed by atoms with Crippen LogP contribution in [-0.2, 0) is 0 Å². The van der Waals surface area contributed by atoms with Crippen molar-refractivity contribution in [3.05, 3.63) is 11.2 Å². The van der Waals surface area contributed by atoms with Gasteiger partial charge in [-0.2, -0.15) is 4.98 Å². The summed E-state index contributed by atoms with van der Waals surface area (Å²) in [6.45, 7) is 8.52. The molecule has 6 heteroatoms. The minimum absolute atomic E-state index is 0.412. The third-order valence-electron chi connectivity index (χ3n) is 3.57. The van der Waals surface area contributed by atoms with Crippen LogP contribution in [0, 0.1) is 0 Å². The summed E-state index contributed by atoms with van der Waals surface area (Å²) in [4.78, 5) is 11.1. The fourth-order valence-electron chi connectivity index (χ4n) is 2.44. The summed E-state index contributed by atoms with van der Waals surface area (Å²) in [6, 6.07) is 0.412. The van der Waals surface area contributed by atoms with E-state index in [9.17, 15) is 0 Å². The maximum atomic E-state index is 6.19. The number of nitrogens with one attached hydrogen (secondary N) is 2. The average molecular weight is 298 g/mol.